The topological polar surface area (TPSA) is 89.9 Å². The minimum Gasteiger partial charge on any atom is -0.473 e. The van der Waals surface area contributed by atoms with Crippen LogP contribution in [0, 0.1) is 5.92 Å². The summed E-state index contributed by atoms with van der Waals surface area (Å²) in [4.78, 5) is 34.2. The van der Waals surface area contributed by atoms with Crippen molar-refractivity contribution in [2.75, 3.05) is 6.61 Å². The molecule has 0 aliphatic rings. The van der Waals surface area contributed by atoms with Crippen molar-refractivity contribution in [2.45, 2.75) is 26.7 Å². The highest BCUT2D eigenvalue weighted by Gasteiger charge is 2.28. The molecular formula is C15H15Cl3O6. The van der Waals surface area contributed by atoms with Crippen LogP contribution >= 0.6 is 34.8 Å². The molecule has 1 aromatic rings. The van der Waals surface area contributed by atoms with Gasteiger partial charge in [-0.3, -0.25) is 0 Å². The Morgan fingerprint density at radius 1 is 1.21 bits per heavy atom. The molecule has 1 aromatic carbocycles. The van der Waals surface area contributed by atoms with E-state index in [0.717, 1.165) is 18.9 Å². The molecule has 132 valence electrons. The van der Waals surface area contributed by atoms with E-state index in [0.29, 0.717) is 0 Å². The molecular weight excluding hydrogens is 383 g/mol. The van der Waals surface area contributed by atoms with E-state index >= 15 is 0 Å². The summed E-state index contributed by atoms with van der Waals surface area (Å²) in [6.07, 6.45) is 1.77. The van der Waals surface area contributed by atoms with Crippen LogP contribution in [-0.2, 0) is 14.3 Å². The van der Waals surface area contributed by atoms with Crippen LogP contribution in [0.5, 0.6) is 5.75 Å². The van der Waals surface area contributed by atoms with Crippen molar-refractivity contribution >= 4 is 52.7 Å². The lowest BCUT2D eigenvalue weighted by Crippen LogP contribution is -2.22. The average Bonchev–Trinajstić information content (AvgIpc) is 2.50. The molecule has 0 aliphatic carbocycles. The van der Waals surface area contributed by atoms with Gasteiger partial charge in [-0.05, 0) is 18.4 Å². The summed E-state index contributed by atoms with van der Waals surface area (Å²) in [5.41, 5.74) is -0.396. The van der Waals surface area contributed by atoms with Crippen LogP contribution in [0.1, 0.15) is 37.0 Å². The number of hydrogen-bond donors (Lipinski definition) is 1. The molecule has 0 spiro atoms. The highest BCUT2D eigenvalue weighted by atomic mass is 35.5. The van der Waals surface area contributed by atoms with Gasteiger partial charge < -0.3 is 14.6 Å². The van der Waals surface area contributed by atoms with E-state index in [1.165, 1.54) is 0 Å². The number of carboxylic acids is 1. The molecule has 0 fully saturated rings. The first-order valence-electron chi connectivity index (χ1n) is 6.98. The fourth-order valence-electron chi connectivity index (χ4n) is 1.86. The third kappa shape index (κ3) is 5.26. The Morgan fingerprint density at radius 3 is 2.38 bits per heavy atom. The number of benzene rings is 1. The van der Waals surface area contributed by atoms with E-state index in [-0.39, 0.29) is 27.6 Å². The lowest BCUT2D eigenvalue weighted by atomic mass is 10.1. The maximum atomic E-state index is 12.3. The molecule has 0 aliphatic heterocycles. The third-order valence-electron chi connectivity index (χ3n) is 2.98. The second-order valence-electron chi connectivity index (χ2n) is 5.05. The van der Waals surface area contributed by atoms with Crippen LogP contribution in [0.25, 0.3) is 0 Å². The SMILES string of the molecule is CCCC(C)COC(=O)c1c(Cl)c(Cl)cc(Cl)c1OC(=O)C(=O)O. The van der Waals surface area contributed by atoms with Crippen LogP contribution in [-0.4, -0.2) is 29.6 Å². The molecule has 0 saturated heterocycles. The van der Waals surface area contributed by atoms with E-state index in [2.05, 4.69) is 4.74 Å². The lowest BCUT2D eigenvalue weighted by Gasteiger charge is -2.15. The van der Waals surface area contributed by atoms with Crippen LogP contribution in [0.2, 0.25) is 15.1 Å². The normalized spacial score (nSPS) is 11.7. The fraction of sp³-hybridized carbons (Fsp3) is 0.400. The molecule has 6 nitrogen and oxygen atoms in total. The van der Waals surface area contributed by atoms with E-state index in [4.69, 9.17) is 44.6 Å². The van der Waals surface area contributed by atoms with Crippen molar-refractivity contribution in [3.05, 3.63) is 26.7 Å². The van der Waals surface area contributed by atoms with Gasteiger partial charge in [0.05, 0.1) is 21.7 Å². The Labute approximate surface area is 153 Å². The molecule has 24 heavy (non-hydrogen) atoms. The molecule has 0 radical (unpaired) electrons. The Balaban J connectivity index is 3.16. The molecule has 1 atom stereocenters. The molecule has 1 N–H and O–H groups in total. The summed E-state index contributed by atoms with van der Waals surface area (Å²) in [6, 6.07) is 1.13. The van der Waals surface area contributed by atoms with Gasteiger partial charge in [0.1, 0.15) is 5.56 Å². The largest absolute Gasteiger partial charge is 0.473 e. The summed E-state index contributed by atoms with van der Waals surface area (Å²) in [5.74, 6) is -4.79. The van der Waals surface area contributed by atoms with E-state index in [1.807, 2.05) is 13.8 Å². The first kappa shape index (κ1) is 20.5. The van der Waals surface area contributed by atoms with Crippen molar-refractivity contribution in [2.24, 2.45) is 5.92 Å². The molecule has 0 heterocycles. The van der Waals surface area contributed by atoms with Crippen molar-refractivity contribution in [1.29, 1.82) is 0 Å². The van der Waals surface area contributed by atoms with Gasteiger partial charge in [0.2, 0.25) is 0 Å². The Kier molecular flexibility index (Phi) is 7.79. The molecule has 9 heteroatoms. The molecule has 1 unspecified atom stereocenters. The Bertz CT molecular complexity index is 659. The number of aliphatic carboxylic acids is 1. The van der Waals surface area contributed by atoms with Gasteiger partial charge in [0.25, 0.3) is 0 Å². The van der Waals surface area contributed by atoms with Crippen molar-refractivity contribution in [3.63, 3.8) is 0 Å². The first-order valence-corrected chi connectivity index (χ1v) is 8.12. The number of carbonyl (C=O) groups excluding carboxylic acids is 2. The van der Waals surface area contributed by atoms with E-state index < -0.39 is 29.2 Å². The van der Waals surface area contributed by atoms with Crippen LogP contribution in [0.4, 0.5) is 0 Å². The highest BCUT2D eigenvalue weighted by molar-refractivity contribution is 6.46. The molecule has 0 bridgehead atoms. The number of halogens is 3. The average molecular weight is 398 g/mol. The standard InChI is InChI=1S/C15H15Cl3O6/c1-3-4-7(2)6-23-14(21)10-11(18)8(16)5-9(17)12(10)24-15(22)13(19)20/h5,7H,3-4,6H2,1-2H3,(H,19,20). The van der Waals surface area contributed by atoms with Crippen LogP contribution in [0.15, 0.2) is 6.07 Å². The summed E-state index contributed by atoms with van der Waals surface area (Å²) in [5, 5.41) is 8.07. The van der Waals surface area contributed by atoms with Gasteiger partial charge in [-0.2, -0.15) is 0 Å². The van der Waals surface area contributed by atoms with E-state index in [1.54, 1.807) is 0 Å². The number of rotatable bonds is 6. The number of hydrogen-bond acceptors (Lipinski definition) is 5. The zero-order valence-electron chi connectivity index (χ0n) is 12.9. The minimum absolute atomic E-state index is 0.0645. The zero-order valence-corrected chi connectivity index (χ0v) is 15.2. The second-order valence-corrected chi connectivity index (χ2v) is 6.24. The summed E-state index contributed by atoms with van der Waals surface area (Å²) in [7, 11) is 0. The van der Waals surface area contributed by atoms with E-state index in [9.17, 15) is 14.4 Å². The number of ether oxygens (including phenoxy) is 2. The zero-order chi connectivity index (χ0) is 18.4. The summed E-state index contributed by atoms with van der Waals surface area (Å²) < 4.78 is 9.77. The van der Waals surface area contributed by atoms with Gasteiger partial charge in [-0.25, -0.2) is 14.4 Å². The van der Waals surface area contributed by atoms with Gasteiger partial charge >= 0.3 is 17.9 Å². The maximum absolute atomic E-state index is 12.3. The molecule has 1 rings (SSSR count). The van der Waals surface area contributed by atoms with Crippen molar-refractivity contribution in [3.8, 4) is 5.75 Å². The van der Waals surface area contributed by atoms with Gasteiger partial charge in [-0.15, -0.1) is 0 Å². The molecule has 0 saturated carbocycles. The first-order chi connectivity index (χ1) is 11.2. The van der Waals surface area contributed by atoms with Crippen LogP contribution in [0.3, 0.4) is 0 Å². The predicted octanol–water partition coefficient (Wildman–Crippen LogP) is 4.23. The fourth-order valence-corrected chi connectivity index (χ4v) is 2.58. The van der Waals surface area contributed by atoms with Crippen LogP contribution < -0.4 is 4.74 Å². The van der Waals surface area contributed by atoms with Crippen molar-refractivity contribution < 1.29 is 29.0 Å². The number of esters is 2. The predicted molar refractivity (Wildman–Crippen MR) is 89.1 cm³/mol. The quantitative estimate of drug-likeness (QED) is 0.334. The molecule has 0 amide bonds. The summed E-state index contributed by atoms with van der Waals surface area (Å²) in [6.45, 7) is 4.00. The maximum Gasteiger partial charge on any atom is 0.422 e. The number of carboxylic acid groups (broad SMARTS) is 1. The lowest BCUT2D eigenvalue weighted by molar-refractivity contribution is -0.158. The van der Waals surface area contributed by atoms with Gasteiger partial charge in [0.15, 0.2) is 5.75 Å². The second kappa shape index (κ2) is 9.11. The van der Waals surface area contributed by atoms with Gasteiger partial charge in [-0.1, -0.05) is 55.1 Å². The minimum atomic E-state index is -1.85. The Hall–Kier alpha value is -1.50. The highest BCUT2D eigenvalue weighted by Crippen LogP contribution is 2.39. The molecule has 0 aromatic heterocycles. The van der Waals surface area contributed by atoms with Gasteiger partial charge in [0, 0.05) is 0 Å². The smallest absolute Gasteiger partial charge is 0.422 e. The Morgan fingerprint density at radius 2 is 1.83 bits per heavy atom. The third-order valence-corrected chi connectivity index (χ3v) is 4.05. The van der Waals surface area contributed by atoms with Crippen molar-refractivity contribution in [1.82, 2.24) is 0 Å². The monoisotopic (exact) mass is 396 g/mol. The summed E-state index contributed by atoms with van der Waals surface area (Å²) >= 11 is 17.7. The number of carbonyl (C=O) groups is 3.